The van der Waals surface area contributed by atoms with Crippen molar-refractivity contribution in [2.75, 3.05) is 0 Å². The van der Waals surface area contributed by atoms with Gasteiger partial charge in [-0.25, -0.2) is 0 Å². The van der Waals surface area contributed by atoms with Gasteiger partial charge in [0.1, 0.15) is 22.9 Å². The smallest absolute Gasteiger partial charge is 0.143 e. The second-order valence-electron chi connectivity index (χ2n) is 3.18. The van der Waals surface area contributed by atoms with Crippen molar-refractivity contribution in [3.8, 4) is 11.5 Å². The van der Waals surface area contributed by atoms with Crippen LogP contribution in [0.5, 0.6) is 11.5 Å². The number of hydrogen-bond donors (Lipinski definition) is 2. The van der Waals surface area contributed by atoms with E-state index in [0.29, 0.717) is 11.4 Å². The lowest BCUT2D eigenvalue weighted by molar-refractivity contribution is 0.474. The molecule has 0 saturated carbocycles. The molecule has 0 fully saturated rings. The molecule has 0 bridgehead atoms. The number of azo groups is 1. The highest BCUT2D eigenvalue weighted by atomic mass is 16.3. The van der Waals surface area contributed by atoms with Crippen LogP contribution in [0.15, 0.2) is 58.8 Å². The minimum atomic E-state index is 0. The summed E-state index contributed by atoms with van der Waals surface area (Å²) in [6.07, 6.45) is 0. The largest absolute Gasteiger partial charge is 0.506 e. The molecule has 2 aromatic carbocycles. The van der Waals surface area contributed by atoms with E-state index in [2.05, 4.69) is 10.2 Å². The maximum atomic E-state index is 9.44. The van der Waals surface area contributed by atoms with Gasteiger partial charge in [-0.1, -0.05) is 24.3 Å². The molecular formula is C12H12N2O3. The second kappa shape index (κ2) is 5.62. The number of phenolic OH excluding ortho intramolecular Hbond substituents is 2. The van der Waals surface area contributed by atoms with Crippen molar-refractivity contribution in [3.63, 3.8) is 0 Å². The van der Waals surface area contributed by atoms with Crippen LogP contribution in [0.4, 0.5) is 11.4 Å². The Morgan fingerprint density at radius 2 is 1.00 bits per heavy atom. The Balaban J connectivity index is 0.00000144. The fourth-order valence-electron chi connectivity index (χ4n) is 1.21. The SMILES string of the molecule is O.Oc1ccccc1N=Nc1ccccc1O. The van der Waals surface area contributed by atoms with Gasteiger partial charge in [0, 0.05) is 0 Å². The van der Waals surface area contributed by atoms with Crippen molar-refractivity contribution in [2.24, 2.45) is 10.2 Å². The minimum absolute atomic E-state index is 0. The molecule has 0 aromatic heterocycles. The molecule has 17 heavy (non-hydrogen) atoms. The fraction of sp³-hybridized carbons (Fsp3) is 0. The van der Waals surface area contributed by atoms with E-state index in [9.17, 15) is 10.2 Å². The number of benzene rings is 2. The maximum Gasteiger partial charge on any atom is 0.143 e. The van der Waals surface area contributed by atoms with Crippen LogP contribution in [0.1, 0.15) is 0 Å². The van der Waals surface area contributed by atoms with Crippen LogP contribution < -0.4 is 0 Å². The average Bonchev–Trinajstić information content (AvgIpc) is 2.30. The van der Waals surface area contributed by atoms with E-state index in [1.165, 1.54) is 12.1 Å². The molecule has 2 rings (SSSR count). The summed E-state index contributed by atoms with van der Waals surface area (Å²) >= 11 is 0. The first-order valence-corrected chi connectivity index (χ1v) is 4.75. The molecule has 5 nitrogen and oxygen atoms in total. The van der Waals surface area contributed by atoms with Crippen molar-refractivity contribution in [1.82, 2.24) is 0 Å². The third-order valence-electron chi connectivity index (χ3n) is 2.03. The van der Waals surface area contributed by atoms with Crippen LogP contribution in [0.25, 0.3) is 0 Å². The topological polar surface area (TPSA) is 96.7 Å². The molecule has 0 spiro atoms. The van der Waals surface area contributed by atoms with Crippen LogP contribution in [0, 0.1) is 0 Å². The number of phenols is 2. The van der Waals surface area contributed by atoms with Gasteiger partial charge < -0.3 is 15.7 Å². The molecular weight excluding hydrogens is 220 g/mol. The van der Waals surface area contributed by atoms with E-state index < -0.39 is 0 Å². The number of rotatable bonds is 2. The second-order valence-corrected chi connectivity index (χ2v) is 3.18. The minimum Gasteiger partial charge on any atom is -0.506 e. The Morgan fingerprint density at radius 3 is 1.35 bits per heavy atom. The van der Waals surface area contributed by atoms with E-state index >= 15 is 0 Å². The lowest BCUT2D eigenvalue weighted by Gasteiger charge is -1.97. The van der Waals surface area contributed by atoms with Gasteiger partial charge in [-0.05, 0) is 24.3 Å². The average molecular weight is 232 g/mol. The van der Waals surface area contributed by atoms with Crippen LogP contribution >= 0.6 is 0 Å². The van der Waals surface area contributed by atoms with Gasteiger partial charge >= 0.3 is 0 Å². The number of aromatic hydroxyl groups is 2. The van der Waals surface area contributed by atoms with Crippen molar-refractivity contribution in [2.45, 2.75) is 0 Å². The van der Waals surface area contributed by atoms with Crippen LogP contribution in [0.2, 0.25) is 0 Å². The molecule has 0 aliphatic heterocycles. The summed E-state index contributed by atoms with van der Waals surface area (Å²) in [6, 6.07) is 13.2. The van der Waals surface area contributed by atoms with Gasteiger partial charge in [-0.3, -0.25) is 0 Å². The van der Waals surface area contributed by atoms with Crippen molar-refractivity contribution in [3.05, 3.63) is 48.5 Å². The number of para-hydroxylation sites is 2. The molecule has 5 heteroatoms. The molecule has 0 aliphatic carbocycles. The van der Waals surface area contributed by atoms with Crippen LogP contribution in [-0.4, -0.2) is 15.7 Å². The first-order chi connectivity index (χ1) is 7.77. The van der Waals surface area contributed by atoms with Gasteiger partial charge in [0.15, 0.2) is 0 Å². The number of hydrogen-bond acceptors (Lipinski definition) is 4. The molecule has 88 valence electrons. The van der Waals surface area contributed by atoms with Crippen LogP contribution in [-0.2, 0) is 0 Å². The predicted octanol–water partition coefficient (Wildman–Crippen LogP) is 2.69. The van der Waals surface area contributed by atoms with Gasteiger partial charge in [-0.15, -0.1) is 10.2 Å². The van der Waals surface area contributed by atoms with E-state index in [1.807, 2.05) is 0 Å². The molecule has 0 aliphatic rings. The van der Waals surface area contributed by atoms with Gasteiger partial charge in [0.25, 0.3) is 0 Å². The molecule has 0 heterocycles. The van der Waals surface area contributed by atoms with Crippen molar-refractivity contribution >= 4 is 11.4 Å². The van der Waals surface area contributed by atoms with Gasteiger partial charge in [0.2, 0.25) is 0 Å². The normalized spacial score (nSPS) is 10.1. The highest BCUT2D eigenvalue weighted by molar-refractivity contribution is 5.53. The van der Waals surface area contributed by atoms with E-state index in [-0.39, 0.29) is 17.0 Å². The molecule has 0 radical (unpaired) electrons. The summed E-state index contributed by atoms with van der Waals surface area (Å²) in [5, 5.41) is 26.6. The predicted molar refractivity (Wildman–Crippen MR) is 64.0 cm³/mol. The summed E-state index contributed by atoms with van der Waals surface area (Å²) in [5.41, 5.74) is 0.733. The molecule has 0 unspecified atom stereocenters. The lowest BCUT2D eigenvalue weighted by atomic mass is 10.3. The quantitative estimate of drug-likeness (QED) is 0.778. The standard InChI is InChI=1S/C12H10N2O2.H2O/c15-11-7-3-1-5-9(11)13-14-10-6-2-4-8-12(10)16;/h1-8,15-16H;1H2. The van der Waals surface area contributed by atoms with Gasteiger partial charge in [0.05, 0.1) is 0 Å². The maximum absolute atomic E-state index is 9.44. The molecule has 0 saturated heterocycles. The summed E-state index contributed by atoms with van der Waals surface area (Å²) < 4.78 is 0. The molecule has 4 N–H and O–H groups in total. The Bertz CT molecular complexity index is 479. The summed E-state index contributed by atoms with van der Waals surface area (Å²) in [4.78, 5) is 0. The summed E-state index contributed by atoms with van der Waals surface area (Å²) in [5.74, 6) is 0.114. The zero-order valence-corrected chi connectivity index (χ0v) is 8.91. The highest BCUT2D eigenvalue weighted by Gasteiger charge is 1.99. The Kier molecular flexibility index (Phi) is 4.19. The monoisotopic (exact) mass is 232 g/mol. The Hall–Kier alpha value is -2.40. The van der Waals surface area contributed by atoms with Gasteiger partial charge in [-0.2, -0.15) is 0 Å². The molecule has 0 amide bonds. The molecule has 2 aromatic rings. The summed E-state index contributed by atoms with van der Waals surface area (Å²) in [6.45, 7) is 0. The van der Waals surface area contributed by atoms with Crippen LogP contribution in [0.3, 0.4) is 0 Å². The Labute approximate surface area is 98.0 Å². The number of nitrogens with zero attached hydrogens (tertiary/aromatic N) is 2. The van der Waals surface area contributed by atoms with E-state index in [1.54, 1.807) is 36.4 Å². The van der Waals surface area contributed by atoms with E-state index in [0.717, 1.165) is 0 Å². The molecule has 0 atom stereocenters. The van der Waals surface area contributed by atoms with Crippen molar-refractivity contribution < 1.29 is 15.7 Å². The third-order valence-corrected chi connectivity index (χ3v) is 2.03. The fourth-order valence-corrected chi connectivity index (χ4v) is 1.21. The highest BCUT2D eigenvalue weighted by Crippen LogP contribution is 2.30. The van der Waals surface area contributed by atoms with E-state index in [4.69, 9.17) is 0 Å². The Morgan fingerprint density at radius 1 is 0.647 bits per heavy atom. The van der Waals surface area contributed by atoms with Crippen molar-refractivity contribution in [1.29, 1.82) is 0 Å². The first kappa shape index (κ1) is 12.7. The third kappa shape index (κ3) is 3.02. The zero-order chi connectivity index (χ0) is 11.4. The lowest BCUT2D eigenvalue weighted by Crippen LogP contribution is -1.68. The zero-order valence-electron chi connectivity index (χ0n) is 8.91. The summed E-state index contributed by atoms with van der Waals surface area (Å²) in [7, 11) is 0. The first-order valence-electron chi connectivity index (χ1n) is 4.75.